The van der Waals surface area contributed by atoms with Crippen LogP contribution >= 0.6 is 0 Å². The molecule has 1 heterocycles. The Labute approximate surface area is 187 Å². The average molecular weight is 434 g/mol. The second kappa shape index (κ2) is 10.8. The number of aliphatic imine (C=N–C) groups is 1. The molecule has 0 atom stereocenters. The van der Waals surface area contributed by atoms with E-state index in [0.717, 1.165) is 12.2 Å². The highest BCUT2D eigenvalue weighted by molar-refractivity contribution is 6.10. The fraction of sp³-hybridized carbons (Fsp3) is 0.217. The Morgan fingerprint density at radius 3 is 2.56 bits per heavy atom. The number of carbonyl (C=O) groups excluding carboxylic acids is 2. The lowest BCUT2D eigenvalue weighted by Crippen LogP contribution is -2.48. The number of carbonyl (C=O) groups is 2. The summed E-state index contributed by atoms with van der Waals surface area (Å²) in [7, 11) is 1.80. The van der Waals surface area contributed by atoms with E-state index in [-0.39, 0.29) is 11.8 Å². The van der Waals surface area contributed by atoms with Gasteiger partial charge >= 0.3 is 0 Å². The molecule has 0 spiro atoms. The fourth-order valence-electron chi connectivity index (χ4n) is 3.12. The molecule has 3 rings (SSSR count). The number of hydrogen-bond donors (Lipinski definition) is 3. The normalized spacial score (nSPS) is 14.4. The number of amides is 2. The molecule has 32 heavy (non-hydrogen) atoms. The summed E-state index contributed by atoms with van der Waals surface area (Å²) in [4.78, 5) is 32.3. The van der Waals surface area contributed by atoms with Crippen molar-refractivity contribution < 1.29 is 9.59 Å². The number of hydrazone groups is 1. The number of benzene rings is 2. The van der Waals surface area contributed by atoms with Gasteiger partial charge in [-0.1, -0.05) is 18.2 Å². The molecule has 0 saturated carbocycles. The summed E-state index contributed by atoms with van der Waals surface area (Å²) in [5.41, 5.74) is 8.42. The first kappa shape index (κ1) is 22.5. The zero-order chi connectivity index (χ0) is 22.9. The van der Waals surface area contributed by atoms with E-state index in [2.05, 4.69) is 33.1 Å². The molecule has 2 amide bonds. The van der Waals surface area contributed by atoms with Crippen LogP contribution in [0.1, 0.15) is 17.3 Å². The van der Waals surface area contributed by atoms with Crippen molar-refractivity contribution in [3.63, 3.8) is 0 Å². The Morgan fingerprint density at radius 1 is 1.12 bits per heavy atom. The van der Waals surface area contributed by atoms with Gasteiger partial charge in [-0.25, -0.2) is 5.53 Å². The minimum atomic E-state index is -0.294. The number of hydrazine groups is 1. The molecule has 3 N–H and O–H groups in total. The van der Waals surface area contributed by atoms with Gasteiger partial charge in [-0.05, 0) is 56.1 Å². The topological polar surface area (TPSA) is 101 Å². The number of allylic oxidation sites excluding steroid dienone is 1. The zero-order valence-corrected chi connectivity index (χ0v) is 18.2. The molecule has 1 saturated heterocycles. The lowest BCUT2D eigenvalue weighted by Gasteiger charge is -2.33. The van der Waals surface area contributed by atoms with E-state index in [0.29, 0.717) is 35.9 Å². The van der Waals surface area contributed by atoms with Gasteiger partial charge in [-0.3, -0.25) is 20.0 Å². The van der Waals surface area contributed by atoms with Crippen LogP contribution in [0.15, 0.2) is 70.8 Å². The molecule has 0 aliphatic carbocycles. The number of nitrogens with one attached hydrogen (secondary N) is 3. The van der Waals surface area contributed by atoms with Gasteiger partial charge in [0.25, 0.3) is 5.91 Å². The number of hydrogen-bond acceptors (Lipinski definition) is 7. The number of amidine groups is 1. The van der Waals surface area contributed by atoms with Crippen LogP contribution in [0.4, 0.5) is 17.1 Å². The SMILES string of the molecule is C=Nc1ccccc1NN/N=C(\C=C\C)NC(=O)c1ccc(N2CCN(C)C(=O)C2)cc1. The molecule has 2 aromatic carbocycles. The van der Waals surface area contributed by atoms with Gasteiger partial charge < -0.3 is 15.1 Å². The van der Waals surface area contributed by atoms with Crippen LogP contribution < -0.4 is 21.2 Å². The van der Waals surface area contributed by atoms with Crippen molar-refractivity contribution in [2.24, 2.45) is 10.1 Å². The average Bonchev–Trinajstić information content (AvgIpc) is 2.81. The second-order valence-electron chi connectivity index (χ2n) is 7.15. The molecule has 0 bridgehead atoms. The number of likely N-dealkylation sites (N-methyl/N-ethyl adjacent to an activating group) is 1. The minimum Gasteiger partial charge on any atom is -0.360 e. The van der Waals surface area contributed by atoms with E-state index < -0.39 is 0 Å². The second-order valence-corrected chi connectivity index (χ2v) is 7.15. The molecule has 0 aromatic heterocycles. The lowest BCUT2D eigenvalue weighted by atomic mass is 10.1. The van der Waals surface area contributed by atoms with Gasteiger partial charge in [0.05, 0.1) is 17.9 Å². The van der Waals surface area contributed by atoms with Gasteiger partial charge in [-0.2, -0.15) is 0 Å². The third-order valence-corrected chi connectivity index (χ3v) is 4.96. The molecular formula is C23H27N7O2. The monoisotopic (exact) mass is 433 g/mol. The minimum absolute atomic E-state index is 0.0814. The molecule has 1 aliphatic rings. The molecule has 0 unspecified atom stereocenters. The van der Waals surface area contributed by atoms with Crippen molar-refractivity contribution in [2.45, 2.75) is 6.92 Å². The van der Waals surface area contributed by atoms with Crippen LogP contribution in [0.3, 0.4) is 0 Å². The van der Waals surface area contributed by atoms with Crippen LogP contribution in [0.5, 0.6) is 0 Å². The number of nitrogens with zero attached hydrogens (tertiary/aromatic N) is 4. The Bertz CT molecular complexity index is 1030. The lowest BCUT2D eigenvalue weighted by molar-refractivity contribution is -0.129. The summed E-state index contributed by atoms with van der Waals surface area (Å²) >= 11 is 0. The largest absolute Gasteiger partial charge is 0.360 e. The Morgan fingerprint density at radius 2 is 1.88 bits per heavy atom. The smallest absolute Gasteiger partial charge is 0.256 e. The Kier molecular flexibility index (Phi) is 7.58. The molecule has 0 radical (unpaired) electrons. The van der Waals surface area contributed by atoms with Gasteiger partial charge in [0.15, 0.2) is 5.84 Å². The number of rotatable bonds is 7. The zero-order valence-electron chi connectivity index (χ0n) is 18.2. The maximum Gasteiger partial charge on any atom is 0.256 e. The maximum absolute atomic E-state index is 12.7. The number of anilines is 2. The summed E-state index contributed by atoms with van der Waals surface area (Å²) in [6.45, 7) is 7.14. The highest BCUT2D eigenvalue weighted by Gasteiger charge is 2.21. The highest BCUT2D eigenvalue weighted by atomic mass is 16.2. The van der Waals surface area contributed by atoms with E-state index in [1.165, 1.54) is 0 Å². The van der Waals surface area contributed by atoms with Crippen molar-refractivity contribution in [3.8, 4) is 0 Å². The Balaban J connectivity index is 1.62. The van der Waals surface area contributed by atoms with Crippen LogP contribution in [-0.2, 0) is 4.79 Å². The molecule has 1 fully saturated rings. The first-order valence-electron chi connectivity index (χ1n) is 10.2. The van der Waals surface area contributed by atoms with E-state index >= 15 is 0 Å². The van der Waals surface area contributed by atoms with Crippen LogP contribution in [-0.4, -0.2) is 55.9 Å². The van der Waals surface area contributed by atoms with Crippen molar-refractivity contribution in [1.29, 1.82) is 0 Å². The molecule has 9 nitrogen and oxygen atoms in total. The van der Waals surface area contributed by atoms with Gasteiger partial charge in [0.2, 0.25) is 5.91 Å². The van der Waals surface area contributed by atoms with Gasteiger partial charge in [0, 0.05) is 31.4 Å². The Hall–Kier alpha value is -4.14. The van der Waals surface area contributed by atoms with Crippen LogP contribution in [0.2, 0.25) is 0 Å². The number of piperazine rings is 1. The first-order valence-corrected chi connectivity index (χ1v) is 10.2. The summed E-state index contributed by atoms with van der Waals surface area (Å²) in [5.74, 6) is 0.124. The predicted molar refractivity (Wildman–Crippen MR) is 128 cm³/mol. The van der Waals surface area contributed by atoms with Crippen LogP contribution in [0, 0.1) is 0 Å². The molecular weight excluding hydrogens is 406 g/mol. The molecule has 1 aliphatic heterocycles. The van der Waals surface area contributed by atoms with E-state index in [1.54, 1.807) is 36.2 Å². The van der Waals surface area contributed by atoms with Crippen molar-refractivity contribution in [2.75, 3.05) is 37.0 Å². The predicted octanol–water partition coefficient (Wildman–Crippen LogP) is 2.53. The van der Waals surface area contributed by atoms with E-state index in [4.69, 9.17) is 0 Å². The fourth-order valence-corrected chi connectivity index (χ4v) is 3.12. The van der Waals surface area contributed by atoms with Crippen molar-refractivity contribution >= 4 is 41.4 Å². The van der Waals surface area contributed by atoms with E-state index in [9.17, 15) is 9.59 Å². The summed E-state index contributed by atoms with van der Waals surface area (Å²) < 4.78 is 0. The summed E-state index contributed by atoms with van der Waals surface area (Å²) in [6.07, 6.45) is 3.45. The maximum atomic E-state index is 12.7. The third-order valence-electron chi connectivity index (χ3n) is 4.96. The van der Waals surface area contributed by atoms with Gasteiger partial charge in [0.1, 0.15) is 0 Å². The van der Waals surface area contributed by atoms with Crippen LogP contribution in [0.25, 0.3) is 0 Å². The van der Waals surface area contributed by atoms with Gasteiger partial charge in [-0.15, -0.1) is 5.10 Å². The van der Waals surface area contributed by atoms with E-state index in [1.807, 2.05) is 48.2 Å². The first-order chi connectivity index (χ1) is 15.5. The standard InChI is InChI=1S/C23H27N7O2/c1-4-7-21(27-28-26-20-9-6-5-8-19(20)24-2)25-23(32)17-10-12-18(13-11-17)30-15-14-29(3)22(31)16-30/h4-13,26,28H,2,14-16H2,1,3H3,(H,25,27,32)/b7-4+. The van der Waals surface area contributed by atoms with Crippen molar-refractivity contribution in [1.82, 2.24) is 15.8 Å². The third kappa shape index (κ3) is 5.72. The highest BCUT2D eigenvalue weighted by Crippen LogP contribution is 2.22. The molecule has 2 aromatic rings. The number of para-hydroxylation sites is 2. The molecule has 9 heteroatoms. The summed E-state index contributed by atoms with van der Waals surface area (Å²) in [5, 5.41) is 6.95. The molecule has 166 valence electrons. The summed E-state index contributed by atoms with van der Waals surface area (Å²) in [6, 6.07) is 14.5. The quantitative estimate of drug-likeness (QED) is 0.354. The van der Waals surface area contributed by atoms with Crippen molar-refractivity contribution in [3.05, 3.63) is 66.2 Å².